The van der Waals surface area contributed by atoms with Crippen molar-refractivity contribution in [2.75, 3.05) is 13.6 Å². The third-order valence-corrected chi connectivity index (χ3v) is 0.348. The molecule has 0 saturated heterocycles. The summed E-state index contributed by atoms with van der Waals surface area (Å²) < 4.78 is 0. The summed E-state index contributed by atoms with van der Waals surface area (Å²) >= 11 is 0. The van der Waals surface area contributed by atoms with Gasteiger partial charge in [-0.1, -0.05) is 6.08 Å². The van der Waals surface area contributed by atoms with E-state index in [1.807, 2.05) is 13.1 Å². The van der Waals surface area contributed by atoms with Gasteiger partial charge in [0.2, 0.25) is 0 Å². The fourth-order valence-electron chi connectivity index (χ4n) is 0.144. The van der Waals surface area contributed by atoms with Crippen molar-refractivity contribution in [1.29, 1.82) is 0 Å². The molecule has 0 rings (SSSR count). The van der Waals surface area contributed by atoms with Crippen LogP contribution < -0.4 is 5.32 Å². The average Bonchev–Trinajstić information content (AvgIpc) is 1.41. The van der Waals surface area contributed by atoms with Crippen molar-refractivity contribution in [1.82, 2.24) is 5.32 Å². The van der Waals surface area contributed by atoms with Gasteiger partial charge in [0.25, 0.3) is 0 Å². The molecule has 0 amide bonds. The van der Waals surface area contributed by atoms with Crippen LogP contribution in [0.3, 0.4) is 0 Å². The zero-order valence-electron chi connectivity index (χ0n) is 3.85. The second-order valence-corrected chi connectivity index (χ2v) is 0.846. The molecule has 0 fully saturated rings. The topological polar surface area (TPSA) is 12.0 Å². The SMILES string of the molecule is C=CCNC.[Fe]. The molecule has 0 aliphatic rings. The van der Waals surface area contributed by atoms with E-state index < -0.39 is 0 Å². The van der Waals surface area contributed by atoms with Gasteiger partial charge >= 0.3 is 0 Å². The van der Waals surface area contributed by atoms with Crippen molar-refractivity contribution in [3.05, 3.63) is 12.7 Å². The van der Waals surface area contributed by atoms with Crippen LogP contribution in [0.2, 0.25) is 0 Å². The van der Waals surface area contributed by atoms with E-state index in [9.17, 15) is 0 Å². The fraction of sp³-hybridized carbons (Fsp3) is 0.500. The summed E-state index contributed by atoms with van der Waals surface area (Å²) in [5, 5.41) is 2.90. The fourth-order valence-corrected chi connectivity index (χ4v) is 0.144. The number of nitrogens with one attached hydrogen (secondary N) is 1. The van der Waals surface area contributed by atoms with Crippen LogP contribution in [-0.4, -0.2) is 13.6 Å². The minimum atomic E-state index is 0. The Bertz CT molecular complexity index is 28.7. The van der Waals surface area contributed by atoms with Crippen LogP contribution in [0.5, 0.6) is 0 Å². The summed E-state index contributed by atoms with van der Waals surface area (Å²) in [6.45, 7) is 4.39. The van der Waals surface area contributed by atoms with Gasteiger partial charge in [0.15, 0.2) is 0 Å². The molecule has 0 atom stereocenters. The van der Waals surface area contributed by atoms with Crippen molar-refractivity contribution >= 4 is 0 Å². The smallest absolute Gasteiger partial charge is 0.0129 e. The zero-order valence-corrected chi connectivity index (χ0v) is 4.95. The predicted octanol–water partition coefficient (Wildman–Crippen LogP) is 0.389. The number of hydrogen-bond donors (Lipinski definition) is 1. The molecule has 0 spiro atoms. The Morgan fingerprint density at radius 1 is 1.83 bits per heavy atom. The first-order valence-electron chi connectivity index (χ1n) is 1.67. The molecule has 6 heavy (non-hydrogen) atoms. The molecule has 0 aromatic heterocycles. The summed E-state index contributed by atoms with van der Waals surface area (Å²) in [5.41, 5.74) is 0. The van der Waals surface area contributed by atoms with Crippen LogP contribution in [0.1, 0.15) is 0 Å². The monoisotopic (exact) mass is 127 g/mol. The van der Waals surface area contributed by atoms with E-state index in [1.54, 1.807) is 0 Å². The maximum Gasteiger partial charge on any atom is 0.0129 e. The average molecular weight is 127 g/mol. The van der Waals surface area contributed by atoms with Crippen molar-refractivity contribution in [2.45, 2.75) is 0 Å². The zero-order chi connectivity index (χ0) is 4.12. The van der Waals surface area contributed by atoms with Crippen LogP contribution in [-0.2, 0) is 17.1 Å². The molecular weight excluding hydrogens is 118 g/mol. The molecule has 0 heterocycles. The van der Waals surface area contributed by atoms with Crippen molar-refractivity contribution < 1.29 is 17.1 Å². The maximum absolute atomic E-state index is 3.49. The predicted molar refractivity (Wildman–Crippen MR) is 24.1 cm³/mol. The molecule has 0 aliphatic carbocycles. The number of hydrogen-bond acceptors (Lipinski definition) is 1. The van der Waals surface area contributed by atoms with Gasteiger partial charge in [0.1, 0.15) is 0 Å². The molecule has 0 aliphatic heterocycles. The summed E-state index contributed by atoms with van der Waals surface area (Å²) in [6.07, 6.45) is 1.82. The van der Waals surface area contributed by atoms with E-state index >= 15 is 0 Å². The Kier molecular flexibility index (Phi) is 14.2. The van der Waals surface area contributed by atoms with Gasteiger partial charge in [-0.3, -0.25) is 0 Å². The molecule has 1 nitrogen and oxygen atoms in total. The second kappa shape index (κ2) is 8.97. The molecule has 0 aromatic carbocycles. The maximum atomic E-state index is 3.49. The summed E-state index contributed by atoms with van der Waals surface area (Å²) in [5.74, 6) is 0. The quantitative estimate of drug-likeness (QED) is 0.417. The molecule has 0 saturated carbocycles. The molecule has 0 radical (unpaired) electrons. The van der Waals surface area contributed by atoms with E-state index in [0.717, 1.165) is 6.54 Å². The van der Waals surface area contributed by atoms with Gasteiger partial charge in [-0.05, 0) is 7.05 Å². The first-order valence-corrected chi connectivity index (χ1v) is 1.67. The first-order chi connectivity index (χ1) is 2.41. The third kappa shape index (κ3) is 8.88. The van der Waals surface area contributed by atoms with Crippen LogP contribution in [0.4, 0.5) is 0 Å². The van der Waals surface area contributed by atoms with Crippen LogP contribution in [0.15, 0.2) is 12.7 Å². The number of rotatable bonds is 2. The molecule has 2 heteroatoms. The van der Waals surface area contributed by atoms with E-state index in [2.05, 4.69) is 11.9 Å². The van der Waals surface area contributed by atoms with E-state index in [1.165, 1.54) is 0 Å². The summed E-state index contributed by atoms with van der Waals surface area (Å²) in [4.78, 5) is 0. The minimum Gasteiger partial charge on any atom is -0.316 e. The Morgan fingerprint density at radius 3 is 2.33 bits per heavy atom. The standard InChI is InChI=1S/C4H9N.Fe/c1-3-4-5-2;/h3,5H,1,4H2,2H3;. The largest absolute Gasteiger partial charge is 0.316 e. The van der Waals surface area contributed by atoms with Gasteiger partial charge < -0.3 is 5.32 Å². The molecule has 1 N–H and O–H groups in total. The van der Waals surface area contributed by atoms with Crippen molar-refractivity contribution in [3.63, 3.8) is 0 Å². The minimum absolute atomic E-state index is 0. The number of likely N-dealkylation sites (N-methyl/N-ethyl adjacent to an activating group) is 1. The van der Waals surface area contributed by atoms with Crippen molar-refractivity contribution in [2.24, 2.45) is 0 Å². The van der Waals surface area contributed by atoms with Crippen LogP contribution in [0.25, 0.3) is 0 Å². The van der Waals surface area contributed by atoms with Gasteiger partial charge in [0, 0.05) is 23.6 Å². The van der Waals surface area contributed by atoms with Gasteiger partial charge in [-0.2, -0.15) is 0 Å². The summed E-state index contributed by atoms with van der Waals surface area (Å²) in [7, 11) is 1.89. The molecule has 0 unspecified atom stereocenters. The normalized spacial score (nSPS) is 6.17. The van der Waals surface area contributed by atoms with E-state index in [-0.39, 0.29) is 17.1 Å². The van der Waals surface area contributed by atoms with E-state index in [0.29, 0.717) is 0 Å². The molecule has 0 bridgehead atoms. The van der Waals surface area contributed by atoms with Gasteiger partial charge in [-0.25, -0.2) is 0 Å². The molecule has 0 aromatic rings. The van der Waals surface area contributed by atoms with Crippen LogP contribution >= 0.6 is 0 Å². The van der Waals surface area contributed by atoms with Crippen molar-refractivity contribution in [3.8, 4) is 0 Å². The van der Waals surface area contributed by atoms with Gasteiger partial charge in [-0.15, -0.1) is 6.58 Å². The first kappa shape index (κ1) is 9.52. The van der Waals surface area contributed by atoms with Gasteiger partial charge in [0.05, 0.1) is 0 Å². The van der Waals surface area contributed by atoms with E-state index in [4.69, 9.17) is 0 Å². The molecular formula is C4H9FeN. The second-order valence-electron chi connectivity index (χ2n) is 0.846. The molecule has 38 valence electrons. The summed E-state index contributed by atoms with van der Waals surface area (Å²) in [6, 6.07) is 0. The Hall–Kier alpha value is 0.219. The Balaban J connectivity index is 0. The van der Waals surface area contributed by atoms with Crippen LogP contribution in [0, 0.1) is 0 Å². The Morgan fingerprint density at radius 2 is 2.33 bits per heavy atom. The third-order valence-electron chi connectivity index (χ3n) is 0.348. The Labute approximate surface area is 49.3 Å².